The van der Waals surface area contributed by atoms with Gasteiger partial charge in [-0.1, -0.05) is 42.5 Å². The second-order valence-corrected chi connectivity index (χ2v) is 8.94. The van der Waals surface area contributed by atoms with E-state index in [0.717, 1.165) is 51.5 Å². The number of amides is 1. The summed E-state index contributed by atoms with van der Waals surface area (Å²) in [6, 6.07) is 17.1. The van der Waals surface area contributed by atoms with Crippen LogP contribution in [0.1, 0.15) is 29.5 Å². The number of nitrogens with zero attached hydrogens (tertiary/aromatic N) is 3. The van der Waals surface area contributed by atoms with Gasteiger partial charge in [0, 0.05) is 64.8 Å². The minimum Gasteiger partial charge on any atom is -0.374 e. The third-order valence-electron chi connectivity index (χ3n) is 6.54. The van der Waals surface area contributed by atoms with E-state index in [1.54, 1.807) is 7.05 Å². The maximum Gasteiger partial charge on any atom is 0.223 e. The van der Waals surface area contributed by atoms with E-state index in [-0.39, 0.29) is 5.91 Å². The second kappa shape index (κ2) is 10.5. The molecule has 2 aliphatic rings. The van der Waals surface area contributed by atoms with E-state index < -0.39 is 0 Å². The maximum atomic E-state index is 12.4. The minimum atomic E-state index is 0.259. The first-order valence-corrected chi connectivity index (χ1v) is 11.7. The van der Waals surface area contributed by atoms with Crippen molar-refractivity contribution in [3.05, 3.63) is 65.2 Å². The van der Waals surface area contributed by atoms with Crippen molar-refractivity contribution >= 4 is 17.6 Å². The highest BCUT2D eigenvalue weighted by Gasteiger charge is 2.29. The van der Waals surface area contributed by atoms with Gasteiger partial charge in [-0.05, 0) is 42.0 Å². The van der Waals surface area contributed by atoms with E-state index in [1.807, 2.05) is 11.0 Å². The molecule has 6 nitrogen and oxygen atoms in total. The van der Waals surface area contributed by atoms with E-state index in [4.69, 9.17) is 0 Å². The average molecular weight is 434 g/mol. The molecule has 170 valence electrons. The molecule has 6 heteroatoms. The number of nitrogens with one attached hydrogen (secondary N) is 2. The van der Waals surface area contributed by atoms with Crippen LogP contribution >= 0.6 is 0 Å². The first kappa shape index (κ1) is 22.2. The minimum absolute atomic E-state index is 0.259. The zero-order valence-corrected chi connectivity index (χ0v) is 19.3. The number of carbonyl (C=O) groups excluding carboxylic acids is 1. The maximum absolute atomic E-state index is 12.4. The van der Waals surface area contributed by atoms with Crippen LogP contribution in [0.2, 0.25) is 0 Å². The summed E-state index contributed by atoms with van der Waals surface area (Å²) in [4.78, 5) is 21.1. The summed E-state index contributed by atoms with van der Waals surface area (Å²) in [7, 11) is 3.96. The number of fused-ring (bicyclic) bond motifs is 1. The van der Waals surface area contributed by atoms with Crippen molar-refractivity contribution in [2.75, 3.05) is 45.2 Å². The lowest BCUT2D eigenvalue weighted by molar-refractivity contribution is -0.127. The SMILES string of the molecule is CN=C(NCc1ccc2c(c1)CCCN2C)NCC1CC(=O)N(CCc2ccccc2)C1. The van der Waals surface area contributed by atoms with Gasteiger partial charge >= 0.3 is 0 Å². The fourth-order valence-corrected chi connectivity index (χ4v) is 4.71. The topological polar surface area (TPSA) is 60.0 Å². The van der Waals surface area contributed by atoms with Crippen molar-refractivity contribution in [3.8, 4) is 0 Å². The molecule has 1 fully saturated rings. The first-order valence-electron chi connectivity index (χ1n) is 11.7. The van der Waals surface area contributed by atoms with Crippen LogP contribution in [0.5, 0.6) is 0 Å². The summed E-state index contributed by atoms with van der Waals surface area (Å²) in [5, 5.41) is 6.84. The predicted molar refractivity (Wildman–Crippen MR) is 131 cm³/mol. The Bertz CT molecular complexity index is 942. The molecule has 4 rings (SSSR count). The number of hydrogen-bond donors (Lipinski definition) is 2. The number of benzene rings is 2. The standard InChI is InChI=1S/C26H35N5O/c1-27-26(28-17-21-10-11-24-23(15-21)9-6-13-30(24)2)29-18-22-16-25(32)31(19-22)14-12-20-7-4-3-5-8-20/h3-5,7-8,10-11,15,22H,6,9,12-14,16-19H2,1-2H3,(H2,27,28,29). The fraction of sp³-hybridized carbons (Fsp3) is 0.462. The third kappa shape index (κ3) is 5.61. The Balaban J connectivity index is 1.22. The molecule has 2 aromatic rings. The summed E-state index contributed by atoms with van der Waals surface area (Å²) in [6.07, 6.45) is 3.88. The number of likely N-dealkylation sites (tertiary alicyclic amines) is 1. The summed E-state index contributed by atoms with van der Waals surface area (Å²) in [5.41, 5.74) is 5.33. The molecule has 1 atom stereocenters. The van der Waals surface area contributed by atoms with Gasteiger partial charge in [-0.25, -0.2) is 0 Å². The Kier molecular flexibility index (Phi) is 7.30. The van der Waals surface area contributed by atoms with Crippen LogP contribution in [0.15, 0.2) is 53.5 Å². The molecule has 2 heterocycles. The number of rotatable bonds is 7. The van der Waals surface area contributed by atoms with Crippen LogP contribution in [-0.2, 0) is 24.2 Å². The van der Waals surface area contributed by atoms with Gasteiger partial charge in [0.15, 0.2) is 5.96 Å². The van der Waals surface area contributed by atoms with Crippen molar-refractivity contribution in [2.45, 2.75) is 32.2 Å². The molecule has 2 aromatic carbocycles. The molecule has 0 saturated carbocycles. The van der Waals surface area contributed by atoms with Gasteiger partial charge in [0.1, 0.15) is 0 Å². The normalized spacial score (nSPS) is 18.6. The lowest BCUT2D eigenvalue weighted by Crippen LogP contribution is -2.40. The van der Waals surface area contributed by atoms with Gasteiger partial charge in [0.05, 0.1) is 0 Å². The van der Waals surface area contributed by atoms with E-state index in [9.17, 15) is 4.79 Å². The van der Waals surface area contributed by atoms with Crippen LogP contribution in [0.25, 0.3) is 0 Å². The van der Waals surface area contributed by atoms with Crippen molar-refractivity contribution in [2.24, 2.45) is 10.9 Å². The van der Waals surface area contributed by atoms with E-state index in [1.165, 1.54) is 28.8 Å². The van der Waals surface area contributed by atoms with Crippen LogP contribution in [0.4, 0.5) is 5.69 Å². The molecule has 0 aliphatic carbocycles. The number of aliphatic imine (C=N–C) groups is 1. The molecule has 2 aliphatic heterocycles. The molecule has 0 radical (unpaired) electrons. The van der Waals surface area contributed by atoms with Gasteiger partial charge < -0.3 is 20.4 Å². The van der Waals surface area contributed by atoms with Gasteiger partial charge in [-0.15, -0.1) is 0 Å². The highest BCUT2D eigenvalue weighted by Crippen LogP contribution is 2.26. The Morgan fingerprint density at radius 3 is 2.78 bits per heavy atom. The average Bonchev–Trinajstić information content (AvgIpc) is 3.18. The number of carbonyl (C=O) groups is 1. The summed E-state index contributed by atoms with van der Waals surface area (Å²) in [5.74, 6) is 1.36. The smallest absolute Gasteiger partial charge is 0.223 e. The quantitative estimate of drug-likeness (QED) is 0.521. The molecule has 2 N–H and O–H groups in total. The van der Waals surface area contributed by atoms with Crippen molar-refractivity contribution in [3.63, 3.8) is 0 Å². The largest absolute Gasteiger partial charge is 0.374 e. The molecule has 32 heavy (non-hydrogen) atoms. The fourth-order valence-electron chi connectivity index (χ4n) is 4.71. The molecular weight excluding hydrogens is 398 g/mol. The van der Waals surface area contributed by atoms with Gasteiger partial charge in [0.25, 0.3) is 0 Å². The molecule has 1 saturated heterocycles. The second-order valence-electron chi connectivity index (χ2n) is 8.94. The lowest BCUT2D eigenvalue weighted by Gasteiger charge is -2.28. The Hall–Kier alpha value is -3.02. The number of anilines is 1. The van der Waals surface area contributed by atoms with Crippen molar-refractivity contribution in [1.29, 1.82) is 0 Å². The lowest BCUT2D eigenvalue weighted by atomic mass is 9.99. The first-order chi connectivity index (χ1) is 15.6. The highest BCUT2D eigenvalue weighted by atomic mass is 16.2. The molecular formula is C26H35N5O. The summed E-state index contributed by atoms with van der Waals surface area (Å²) < 4.78 is 0. The Morgan fingerprint density at radius 1 is 1.12 bits per heavy atom. The van der Waals surface area contributed by atoms with E-state index in [0.29, 0.717) is 12.3 Å². The van der Waals surface area contributed by atoms with E-state index in [2.05, 4.69) is 70.0 Å². The molecule has 0 aromatic heterocycles. The Labute approximate surface area is 191 Å². The van der Waals surface area contributed by atoms with Crippen LogP contribution in [0, 0.1) is 5.92 Å². The van der Waals surface area contributed by atoms with Crippen LogP contribution in [0.3, 0.4) is 0 Å². The van der Waals surface area contributed by atoms with E-state index >= 15 is 0 Å². The molecule has 1 amide bonds. The zero-order chi connectivity index (χ0) is 22.3. The zero-order valence-electron chi connectivity index (χ0n) is 19.3. The predicted octanol–water partition coefficient (Wildman–Crippen LogP) is 2.83. The Morgan fingerprint density at radius 2 is 1.97 bits per heavy atom. The number of guanidine groups is 1. The number of aryl methyl sites for hydroxylation is 1. The molecule has 0 bridgehead atoms. The summed E-state index contributed by atoms with van der Waals surface area (Å²) >= 11 is 0. The monoisotopic (exact) mass is 433 g/mol. The van der Waals surface area contributed by atoms with Crippen molar-refractivity contribution < 1.29 is 4.79 Å². The van der Waals surface area contributed by atoms with Gasteiger partial charge in [0.2, 0.25) is 5.91 Å². The molecule has 1 unspecified atom stereocenters. The van der Waals surface area contributed by atoms with Crippen LogP contribution < -0.4 is 15.5 Å². The van der Waals surface area contributed by atoms with Crippen LogP contribution in [-0.4, -0.2) is 57.0 Å². The van der Waals surface area contributed by atoms with Crippen molar-refractivity contribution in [1.82, 2.24) is 15.5 Å². The third-order valence-corrected chi connectivity index (χ3v) is 6.54. The summed E-state index contributed by atoms with van der Waals surface area (Å²) in [6.45, 7) is 4.23. The molecule has 0 spiro atoms. The van der Waals surface area contributed by atoms with Gasteiger partial charge in [-0.2, -0.15) is 0 Å². The highest BCUT2D eigenvalue weighted by molar-refractivity contribution is 5.81. The van der Waals surface area contributed by atoms with Gasteiger partial charge in [-0.3, -0.25) is 9.79 Å². The number of hydrogen-bond acceptors (Lipinski definition) is 3.